The summed E-state index contributed by atoms with van der Waals surface area (Å²) >= 11 is 3.30. The summed E-state index contributed by atoms with van der Waals surface area (Å²) < 4.78 is 39.3. The van der Waals surface area contributed by atoms with E-state index in [-0.39, 0.29) is 22.9 Å². The Bertz CT molecular complexity index is 1070. The Morgan fingerprint density at radius 2 is 2.00 bits per heavy atom. The second-order valence-electron chi connectivity index (χ2n) is 6.69. The molecule has 0 atom stereocenters. The van der Waals surface area contributed by atoms with Crippen LogP contribution in [-0.4, -0.2) is 32.5 Å². The van der Waals surface area contributed by atoms with Gasteiger partial charge in [-0.05, 0) is 58.2 Å². The molecule has 0 bridgehead atoms. The quantitative estimate of drug-likeness (QED) is 0.680. The molecule has 0 saturated carbocycles. The van der Waals surface area contributed by atoms with Gasteiger partial charge in [-0.3, -0.25) is 9.59 Å². The van der Waals surface area contributed by atoms with E-state index in [1.54, 1.807) is 17.9 Å². The molecular weight excluding hydrogens is 463 g/mol. The predicted molar refractivity (Wildman–Crippen MR) is 112 cm³/mol. The van der Waals surface area contributed by atoms with Gasteiger partial charge in [0, 0.05) is 35.2 Å². The van der Waals surface area contributed by atoms with Crippen molar-refractivity contribution >= 4 is 49.0 Å². The van der Waals surface area contributed by atoms with Crippen molar-refractivity contribution in [2.24, 2.45) is 0 Å². The molecule has 2 amide bonds. The fourth-order valence-corrected chi connectivity index (χ4v) is 5.65. The smallest absolute Gasteiger partial charge is 0.226 e. The number of benzene rings is 2. The third kappa shape index (κ3) is 4.84. The highest BCUT2D eigenvalue weighted by molar-refractivity contribution is 9.10. The zero-order valence-electron chi connectivity index (χ0n) is 15.7. The van der Waals surface area contributed by atoms with E-state index >= 15 is 0 Å². The van der Waals surface area contributed by atoms with Crippen molar-refractivity contribution < 1.29 is 22.4 Å². The highest BCUT2D eigenvalue weighted by Crippen LogP contribution is 2.36. The maximum atomic E-state index is 13.2. The van der Waals surface area contributed by atoms with E-state index in [1.807, 2.05) is 0 Å². The molecule has 1 N–H and O–H groups in total. The minimum absolute atomic E-state index is 0.0469. The highest BCUT2D eigenvalue weighted by Gasteiger charge is 2.28. The minimum atomic E-state index is -3.78. The molecule has 154 valence electrons. The molecule has 0 spiro atoms. The number of carbonyl (C=O) groups excluding carboxylic acids is 2. The fourth-order valence-electron chi connectivity index (χ4n) is 3.20. The summed E-state index contributed by atoms with van der Waals surface area (Å²) in [4.78, 5) is 25.9. The topological polar surface area (TPSA) is 83.6 Å². The average Bonchev–Trinajstić information content (AvgIpc) is 3.08. The molecule has 3 rings (SSSR count). The molecule has 29 heavy (non-hydrogen) atoms. The molecule has 1 aliphatic rings. The molecule has 2 aromatic rings. The molecule has 0 aromatic heterocycles. The summed E-state index contributed by atoms with van der Waals surface area (Å²) in [5.41, 5.74) is 1.77. The lowest BCUT2D eigenvalue weighted by Crippen LogP contribution is -2.28. The van der Waals surface area contributed by atoms with Crippen LogP contribution in [-0.2, 0) is 25.8 Å². The number of nitrogens with one attached hydrogen (secondary N) is 1. The van der Waals surface area contributed by atoms with Crippen molar-refractivity contribution in [2.45, 2.75) is 31.1 Å². The van der Waals surface area contributed by atoms with Gasteiger partial charge in [-0.2, -0.15) is 0 Å². The number of hydrogen-bond donors (Lipinski definition) is 1. The second-order valence-corrected chi connectivity index (χ2v) is 9.62. The normalized spacial score (nSPS) is 13.3. The van der Waals surface area contributed by atoms with Crippen LogP contribution >= 0.6 is 15.9 Å². The first-order valence-electron chi connectivity index (χ1n) is 9.12. The zero-order valence-corrected chi connectivity index (χ0v) is 18.1. The van der Waals surface area contributed by atoms with Crippen LogP contribution in [0.15, 0.2) is 45.8 Å². The lowest BCUT2D eigenvalue weighted by atomic mass is 10.2. The van der Waals surface area contributed by atoms with E-state index in [9.17, 15) is 22.4 Å². The first-order chi connectivity index (χ1) is 13.7. The van der Waals surface area contributed by atoms with Gasteiger partial charge in [0.05, 0.1) is 10.6 Å². The lowest BCUT2D eigenvalue weighted by molar-refractivity contribution is -0.118. The molecule has 2 aromatic carbocycles. The number of anilines is 2. The van der Waals surface area contributed by atoms with Crippen molar-refractivity contribution in [3.05, 3.63) is 52.3 Å². The maximum absolute atomic E-state index is 13.2. The number of hydrogen-bond acceptors (Lipinski definition) is 4. The molecule has 0 unspecified atom stereocenters. The SMILES string of the molecule is CCC(=O)N1CCc2cc(Br)c(S(=O)(=O)CCC(=O)Nc3cccc(F)c3)cc21. The van der Waals surface area contributed by atoms with Crippen LogP contribution in [0.5, 0.6) is 0 Å². The Morgan fingerprint density at radius 1 is 1.24 bits per heavy atom. The first-order valence-corrected chi connectivity index (χ1v) is 11.6. The van der Waals surface area contributed by atoms with Gasteiger partial charge >= 0.3 is 0 Å². The van der Waals surface area contributed by atoms with Crippen LogP contribution in [0.3, 0.4) is 0 Å². The molecule has 0 saturated heterocycles. The summed E-state index contributed by atoms with van der Waals surface area (Å²) in [6.45, 7) is 2.28. The number of carbonyl (C=O) groups is 2. The van der Waals surface area contributed by atoms with Crippen LogP contribution in [0, 0.1) is 5.82 Å². The number of amides is 2. The molecule has 0 radical (unpaired) electrons. The van der Waals surface area contributed by atoms with Crippen molar-refractivity contribution in [1.29, 1.82) is 0 Å². The van der Waals surface area contributed by atoms with Gasteiger partial charge in [0.25, 0.3) is 0 Å². The van der Waals surface area contributed by atoms with Crippen LogP contribution in [0.4, 0.5) is 15.8 Å². The van der Waals surface area contributed by atoms with Crippen molar-refractivity contribution in [1.82, 2.24) is 0 Å². The molecule has 0 fully saturated rings. The first kappa shape index (κ1) is 21.4. The Labute approximate surface area is 177 Å². The van der Waals surface area contributed by atoms with Crippen molar-refractivity contribution in [3.8, 4) is 0 Å². The van der Waals surface area contributed by atoms with Gasteiger partial charge in [-0.15, -0.1) is 0 Å². The average molecular weight is 483 g/mol. The largest absolute Gasteiger partial charge is 0.326 e. The van der Waals surface area contributed by atoms with E-state index in [4.69, 9.17) is 0 Å². The number of rotatable bonds is 6. The van der Waals surface area contributed by atoms with Crippen molar-refractivity contribution in [2.75, 3.05) is 22.5 Å². The fraction of sp³-hybridized carbons (Fsp3) is 0.300. The summed E-state index contributed by atoms with van der Waals surface area (Å²) in [5.74, 6) is -1.50. The second kappa shape index (κ2) is 8.62. The number of nitrogens with zero attached hydrogens (tertiary/aromatic N) is 1. The molecular formula is C20H20BrFN2O4S. The maximum Gasteiger partial charge on any atom is 0.226 e. The minimum Gasteiger partial charge on any atom is -0.326 e. The summed E-state index contributed by atoms with van der Waals surface area (Å²) in [5, 5.41) is 2.48. The number of halogens is 2. The number of sulfone groups is 1. The van der Waals surface area contributed by atoms with E-state index in [0.717, 1.165) is 11.6 Å². The van der Waals surface area contributed by atoms with Gasteiger partial charge < -0.3 is 10.2 Å². The molecule has 6 nitrogen and oxygen atoms in total. The Morgan fingerprint density at radius 3 is 2.69 bits per heavy atom. The molecule has 0 aliphatic carbocycles. The van der Waals surface area contributed by atoms with E-state index in [1.165, 1.54) is 24.3 Å². The Hall–Kier alpha value is -2.26. The van der Waals surface area contributed by atoms with Crippen molar-refractivity contribution in [3.63, 3.8) is 0 Å². The molecule has 1 aliphatic heterocycles. The number of fused-ring (bicyclic) bond motifs is 1. The van der Waals surface area contributed by atoms with E-state index in [0.29, 0.717) is 29.5 Å². The predicted octanol–water partition coefficient (Wildman–Crippen LogP) is 3.69. The standard InChI is InChI=1S/C20H20BrFN2O4S/c1-2-20(26)24-8-6-13-10-16(21)18(12-17(13)24)29(27,28)9-7-19(25)23-15-5-3-4-14(22)11-15/h3-5,10-12H,2,6-9H2,1H3,(H,23,25). The van der Waals surface area contributed by atoms with Gasteiger partial charge in [-0.1, -0.05) is 13.0 Å². The van der Waals surface area contributed by atoms with Crippen LogP contribution in [0.1, 0.15) is 25.3 Å². The zero-order chi connectivity index (χ0) is 21.2. The third-order valence-corrected chi connectivity index (χ3v) is 7.34. The van der Waals surface area contributed by atoms with Crippen LogP contribution in [0.2, 0.25) is 0 Å². The van der Waals surface area contributed by atoms with Gasteiger partial charge in [0.1, 0.15) is 5.82 Å². The van der Waals surface area contributed by atoms with Gasteiger partial charge in [0.2, 0.25) is 11.8 Å². The highest BCUT2D eigenvalue weighted by atomic mass is 79.9. The molecule has 1 heterocycles. The summed E-state index contributed by atoms with van der Waals surface area (Å²) in [6.07, 6.45) is 0.716. The van der Waals surface area contributed by atoms with E-state index in [2.05, 4.69) is 21.2 Å². The molecule has 9 heteroatoms. The van der Waals surface area contributed by atoms with Gasteiger partial charge in [0.15, 0.2) is 9.84 Å². The van der Waals surface area contributed by atoms with E-state index < -0.39 is 27.3 Å². The lowest BCUT2D eigenvalue weighted by Gasteiger charge is -2.18. The summed E-state index contributed by atoms with van der Waals surface area (Å²) in [7, 11) is -3.78. The monoisotopic (exact) mass is 482 g/mol. The Balaban J connectivity index is 1.76. The van der Waals surface area contributed by atoms with Crippen LogP contribution < -0.4 is 10.2 Å². The summed E-state index contributed by atoms with van der Waals surface area (Å²) in [6, 6.07) is 8.59. The third-order valence-electron chi connectivity index (χ3n) is 4.67. The van der Waals surface area contributed by atoms with Crippen LogP contribution in [0.25, 0.3) is 0 Å². The van der Waals surface area contributed by atoms with Gasteiger partial charge in [-0.25, -0.2) is 12.8 Å². The Kier molecular flexibility index (Phi) is 6.38.